The minimum absolute atomic E-state index is 0.479. The summed E-state index contributed by atoms with van der Waals surface area (Å²) >= 11 is 0. The third kappa shape index (κ3) is 0.845. The Morgan fingerprint density at radius 2 is 2.17 bits per heavy atom. The first kappa shape index (κ1) is 7.61. The van der Waals surface area contributed by atoms with Crippen LogP contribution in [0.25, 0.3) is 0 Å². The number of rotatable bonds is 1. The largest absolute Gasteiger partial charge is 0.278 e. The van der Waals surface area contributed by atoms with Crippen LogP contribution >= 0.6 is 0 Å². The van der Waals surface area contributed by atoms with Gasteiger partial charge in [0.05, 0.1) is 5.69 Å². The summed E-state index contributed by atoms with van der Waals surface area (Å²) in [6, 6.07) is 5.48. The maximum atomic E-state index is 11.2. The SMILES string of the molecule is CCc1cccc2c1S(=O)(=O)N2. The fourth-order valence-corrected chi connectivity index (χ4v) is 2.79. The van der Waals surface area contributed by atoms with E-state index in [2.05, 4.69) is 4.72 Å². The van der Waals surface area contributed by atoms with E-state index in [1.807, 2.05) is 19.1 Å². The molecule has 1 heterocycles. The van der Waals surface area contributed by atoms with Gasteiger partial charge >= 0.3 is 0 Å². The molecule has 2 rings (SSSR count). The smallest absolute Gasteiger partial charge is 0.264 e. The van der Waals surface area contributed by atoms with Gasteiger partial charge in [0, 0.05) is 0 Å². The number of benzene rings is 1. The lowest BCUT2D eigenvalue weighted by molar-refractivity contribution is 0.595. The highest BCUT2D eigenvalue weighted by Gasteiger charge is 2.31. The molecule has 1 aliphatic rings. The van der Waals surface area contributed by atoms with Crippen LogP contribution in [0.5, 0.6) is 0 Å². The summed E-state index contributed by atoms with van der Waals surface area (Å²) in [5.41, 5.74) is 1.63. The molecule has 0 fully saturated rings. The minimum Gasteiger partial charge on any atom is -0.278 e. The van der Waals surface area contributed by atoms with Crippen molar-refractivity contribution in [3.63, 3.8) is 0 Å². The Bertz CT molecular complexity index is 423. The number of sulfonamides is 1. The molecular formula is C8H9NO2S. The van der Waals surface area contributed by atoms with E-state index in [4.69, 9.17) is 0 Å². The Labute approximate surface area is 71.5 Å². The molecule has 0 spiro atoms. The third-order valence-electron chi connectivity index (χ3n) is 1.99. The Hall–Kier alpha value is -1.03. The summed E-state index contributed by atoms with van der Waals surface area (Å²) in [5.74, 6) is 0. The quantitative estimate of drug-likeness (QED) is 0.714. The molecular weight excluding hydrogens is 174 g/mol. The number of fused-ring (bicyclic) bond motifs is 1. The number of anilines is 1. The average molecular weight is 183 g/mol. The Morgan fingerprint density at radius 1 is 1.42 bits per heavy atom. The summed E-state index contributed by atoms with van der Waals surface area (Å²) in [4.78, 5) is 0.479. The van der Waals surface area contributed by atoms with Gasteiger partial charge in [-0.2, -0.15) is 0 Å². The number of nitrogens with one attached hydrogen (secondary N) is 1. The molecule has 0 saturated heterocycles. The molecule has 1 aliphatic heterocycles. The maximum Gasteiger partial charge on any atom is 0.264 e. The maximum absolute atomic E-state index is 11.2. The fraction of sp³-hybridized carbons (Fsp3) is 0.250. The molecule has 1 N–H and O–H groups in total. The zero-order valence-electron chi connectivity index (χ0n) is 6.66. The van der Waals surface area contributed by atoms with E-state index in [1.54, 1.807) is 6.07 Å². The first-order chi connectivity index (χ1) is 5.65. The normalized spacial score (nSPS) is 17.4. The second-order valence-corrected chi connectivity index (χ2v) is 4.37. The first-order valence-corrected chi connectivity index (χ1v) is 5.28. The van der Waals surface area contributed by atoms with Gasteiger partial charge in [-0.05, 0) is 18.1 Å². The summed E-state index contributed by atoms with van der Waals surface area (Å²) < 4.78 is 24.8. The molecule has 4 heteroatoms. The van der Waals surface area contributed by atoms with E-state index in [1.165, 1.54) is 0 Å². The highest BCUT2D eigenvalue weighted by atomic mass is 32.2. The van der Waals surface area contributed by atoms with Crippen LogP contribution in [0.15, 0.2) is 23.1 Å². The van der Waals surface area contributed by atoms with E-state index in [-0.39, 0.29) is 0 Å². The predicted molar refractivity (Wildman–Crippen MR) is 46.6 cm³/mol. The Balaban J connectivity index is 2.70. The molecule has 0 radical (unpaired) electrons. The zero-order valence-corrected chi connectivity index (χ0v) is 7.48. The minimum atomic E-state index is -3.13. The van der Waals surface area contributed by atoms with Gasteiger partial charge in [0.15, 0.2) is 0 Å². The lowest BCUT2D eigenvalue weighted by Gasteiger charge is -2.23. The van der Waals surface area contributed by atoms with Crippen LogP contribution in [0.1, 0.15) is 12.5 Å². The number of hydrogen-bond donors (Lipinski definition) is 1. The second-order valence-electron chi connectivity index (χ2n) is 2.75. The van der Waals surface area contributed by atoms with Crippen LogP contribution in [0.4, 0.5) is 5.69 Å². The topological polar surface area (TPSA) is 46.2 Å². The lowest BCUT2D eigenvalue weighted by Crippen LogP contribution is -2.26. The van der Waals surface area contributed by atoms with Crippen LogP contribution < -0.4 is 4.72 Å². The molecule has 0 aromatic heterocycles. The third-order valence-corrected chi connectivity index (χ3v) is 3.50. The van der Waals surface area contributed by atoms with E-state index in [0.717, 1.165) is 17.7 Å². The van der Waals surface area contributed by atoms with Crippen molar-refractivity contribution in [3.05, 3.63) is 23.8 Å². The van der Waals surface area contributed by atoms with Crippen molar-refractivity contribution in [2.24, 2.45) is 0 Å². The van der Waals surface area contributed by atoms with Crippen molar-refractivity contribution < 1.29 is 8.42 Å². The van der Waals surface area contributed by atoms with Gasteiger partial charge in [-0.3, -0.25) is 4.72 Å². The summed E-state index contributed by atoms with van der Waals surface area (Å²) in [6.45, 7) is 1.95. The monoisotopic (exact) mass is 183 g/mol. The van der Waals surface area contributed by atoms with E-state index in [0.29, 0.717) is 4.90 Å². The molecule has 64 valence electrons. The Kier molecular flexibility index (Phi) is 1.41. The van der Waals surface area contributed by atoms with Crippen molar-refractivity contribution >= 4 is 15.7 Å². The van der Waals surface area contributed by atoms with Crippen LogP contribution in [-0.2, 0) is 16.4 Å². The van der Waals surface area contributed by atoms with Gasteiger partial charge < -0.3 is 0 Å². The molecule has 0 unspecified atom stereocenters. The number of hydrogen-bond acceptors (Lipinski definition) is 2. The number of aryl methyl sites for hydroxylation is 1. The van der Waals surface area contributed by atoms with Gasteiger partial charge in [-0.15, -0.1) is 0 Å². The molecule has 3 nitrogen and oxygen atoms in total. The molecule has 0 amide bonds. The molecule has 0 aliphatic carbocycles. The van der Waals surface area contributed by atoms with Gasteiger partial charge in [-0.25, -0.2) is 8.42 Å². The van der Waals surface area contributed by atoms with Crippen LogP contribution in [0.2, 0.25) is 0 Å². The van der Waals surface area contributed by atoms with Crippen LogP contribution in [0, 0.1) is 0 Å². The second kappa shape index (κ2) is 2.23. The van der Waals surface area contributed by atoms with E-state index >= 15 is 0 Å². The van der Waals surface area contributed by atoms with Gasteiger partial charge in [0.25, 0.3) is 10.0 Å². The predicted octanol–water partition coefficient (Wildman–Crippen LogP) is 1.36. The molecule has 0 atom stereocenters. The van der Waals surface area contributed by atoms with Crippen LogP contribution in [0.3, 0.4) is 0 Å². The molecule has 12 heavy (non-hydrogen) atoms. The van der Waals surface area contributed by atoms with Gasteiger partial charge in [0.1, 0.15) is 4.90 Å². The highest BCUT2D eigenvalue weighted by molar-refractivity contribution is 7.94. The van der Waals surface area contributed by atoms with Crippen molar-refractivity contribution in [1.82, 2.24) is 0 Å². The molecule has 1 aromatic carbocycles. The van der Waals surface area contributed by atoms with Crippen LogP contribution in [-0.4, -0.2) is 8.42 Å². The molecule has 0 saturated carbocycles. The first-order valence-electron chi connectivity index (χ1n) is 3.80. The van der Waals surface area contributed by atoms with E-state index < -0.39 is 10.0 Å². The summed E-state index contributed by atoms with van der Waals surface area (Å²) in [6.07, 6.45) is 0.754. The van der Waals surface area contributed by atoms with Crippen molar-refractivity contribution in [3.8, 4) is 0 Å². The lowest BCUT2D eigenvalue weighted by atomic mass is 10.1. The van der Waals surface area contributed by atoms with E-state index in [9.17, 15) is 8.42 Å². The van der Waals surface area contributed by atoms with Crippen molar-refractivity contribution in [2.45, 2.75) is 18.2 Å². The van der Waals surface area contributed by atoms with Gasteiger partial charge in [-0.1, -0.05) is 19.1 Å². The van der Waals surface area contributed by atoms with Crippen molar-refractivity contribution in [2.75, 3.05) is 4.72 Å². The standard InChI is InChI=1S/C8H9NO2S/c1-2-6-4-3-5-7-8(6)12(10,11)9-7/h3-5,9H,2H2,1H3. The molecule has 1 aromatic rings. The summed E-state index contributed by atoms with van der Waals surface area (Å²) in [5, 5.41) is 0. The average Bonchev–Trinajstić information content (AvgIpc) is 2.02. The zero-order chi connectivity index (χ0) is 8.77. The highest BCUT2D eigenvalue weighted by Crippen LogP contribution is 2.35. The Morgan fingerprint density at radius 3 is 2.67 bits per heavy atom. The van der Waals surface area contributed by atoms with Crippen molar-refractivity contribution in [1.29, 1.82) is 0 Å². The molecule has 0 bridgehead atoms. The summed E-state index contributed by atoms with van der Waals surface area (Å²) in [7, 11) is -3.13. The van der Waals surface area contributed by atoms with Gasteiger partial charge in [0.2, 0.25) is 0 Å². The fourth-order valence-electron chi connectivity index (χ4n) is 1.41.